The second-order valence-electron chi connectivity index (χ2n) is 7.18. The van der Waals surface area contributed by atoms with Crippen LogP contribution >= 0.6 is 0 Å². The van der Waals surface area contributed by atoms with Crippen LogP contribution in [0.2, 0.25) is 0 Å². The van der Waals surface area contributed by atoms with Crippen LogP contribution in [0.1, 0.15) is 38.5 Å². The predicted octanol–water partition coefficient (Wildman–Crippen LogP) is 0.163. The lowest BCUT2D eigenvalue weighted by Crippen LogP contribution is -2.71. The van der Waals surface area contributed by atoms with Crippen molar-refractivity contribution in [1.29, 1.82) is 0 Å². The van der Waals surface area contributed by atoms with Crippen molar-refractivity contribution in [3.8, 4) is 0 Å². The lowest BCUT2D eigenvalue weighted by atomic mass is 9.69. The highest BCUT2D eigenvalue weighted by Crippen LogP contribution is 2.45. The molecule has 0 spiro atoms. The lowest BCUT2D eigenvalue weighted by Gasteiger charge is -2.59. The van der Waals surface area contributed by atoms with E-state index in [0.717, 1.165) is 26.1 Å². The molecule has 0 aromatic heterocycles. The van der Waals surface area contributed by atoms with Crippen molar-refractivity contribution in [1.82, 2.24) is 9.80 Å². The fourth-order valence-corrected chi connectivity index (χ4v) is 5.21. The van der Waals surface area contributed by atoms with E-state index in [0.29, 0.717) is 12.0 Å². The fraction of sp³-hybridized carbons (Fsp3) is 0.933. The first kappa shape index (κ1) is 13.0. The molecule has 4 fully saturated rings. The number of rotatable bonds is 0. The number of amides is 1. The van der Waals surface area contributed by atoms with Gasteiger partial charge in [-0.05, 0) is 37.6 Å². The normalized spacial score (nSPS) is 43.9. The Kier molecular flexibility index (Phi) is 2.88. The summed E-state index contributed by atoms with van der Waals surface area (Å²) in [7, 11) is 0. The van der Waals surface area contributed by atoms with Crippen molar-refractivity contribution in [2.24, 2.45) is 11.8 Å². The predicted molar refractivity (Wildman–Crippen MR) is 72.7 cm³/mol. The van der Waals surface area contributed by atoms with Crippen LogP contribution in [-0.4, -0.2) is 63.4 Å². The average Bonchev–Trinajstić information content (AvgIpc) is 2.43. The molecule has 0 radical (unpaired) electrons. The molecule has 4 rings (SSSR count). The molecular formula is C15H24N2O3. The van der Waals surface area contributed by atoms with E-state index in [2.05, 4.69) is 4.90 Å². The van der Waals surface area contributed by atoms with Crippen molar-refractivity contribution >= 4 is 5.91 Å². The van der Waals surface area contributed by atoms with E-state index in [9.17, 15) is 15.0 Å². The second kappa shape index (κ2) is 4.42. The Bertz CT molecular complexity index is 425. The van der Waals surface area contributed by atoms with Gasteiger partial charge < -0.3 is 15.1 Å². The zero-order chi connectivity index (χ0) is 13.9. The number of hydrogen-bond donors (Lipinski definition) is 2. The van der Waals surface area contributed by atoms with E-state index in [4.69, 9.17) is 0 Å². The molecule has 4 heterocycles. The summed E-state index contributed by atoms with van der Waals surface area (Å²) in [6, 6.07) is 0.227. The molecule has 4 aliphatic rings. The minimum atomic E-state index is -1.69. The summed E-state index contributed by atoms with van der Waals surface area (Å²) in [4.78, 5) is 16.5. The van der Waals surface area contributed by atoms with Crippen LogP contribution < -0.4 is 0 Å². The van der Waals surface area contributed by atoms with Gasteiger partial charge in [0.05, 0.1) is 6.04 Å². The van der Waals surface area contributed by atoms with E-state index >= 15 is 0 Å². The van der Waals surface area contributed by atoms with Gasteiger partial charge >= 0.3 is 0 Å². The number of aliphatic hydroxyl groups is 2. The molecule has 2 N–H and O–H groups in total. The SMILES string of the molecule is O=C1CCC(O)(O)[C@@H]2[C@@H]3C[C@H](CN12)[C@@H]1CCCCN1C3. The van der Waals surface area contributed by atoms with E-state index in [-0.39, 0.29) is 30.7 Å². The minimum absolute atomic E-state index is 0.118. The van der Waals surface area contributed by atoms with Crippen molar-refractivity contribution in [2.45, 2.75) is 56.4 Å². The van der Waals surface area contributed by atoms with Crippen LogP contribution in [0, 0.1) is 11.8 Å². The quantitative estimate of drug-likeness (QED) is 0.621. The number of hydrogen-bond acceptors (Lipinski definition) is 4. The molecule has 2 bridgehead atoms. The molecule has 0 aliphatic carbocycles. The van der Waals surface area contributed by atoms with E-state index in [1.165, 1.54) is 19.3 Å². The maximum atomic E-state index is 12.2. The van der Waals surface area contributed by atoms with Crippen molar-refractivity contribution in [3.05, 3.63) is 0 Å². The number of nitrogens with zero attached hydrogens (tertiary/aromatic N) is 2. The molecule has 112 valence electrons. The molecule has 0 aromatic rings. The zero-order valence-corrected chi connectivity index (χ0v) is 11.9. The van der Waals surface area contributed by atoms with E-state index < -0.39 is 5.79 Å². The Morgan fingerprint density at radius 3 is 2.85 bits per heavy atom. The van der Waals surface area contributed by atoms with Gasteiger partial charge in [0, 0.05) is 32.0 Å². The summed E-state index contributed by atoms with van der Waals surface area (Å²) in [6.45, 7) is 2.80. The number of carbonyl (C=O) groups is 1. The first-order chi connectivity index (χ1) is 9.56. The molecule has 0 aromatic carbocycles. The molecule has 4 aliphatic heterocycles. The Balaban J connectivity index is 1.65. The van der Waals surface area contributed by atoms with Crippen molar-refractivity contribution in [3.63, 3.8) is 0 Å². The standard InChI is InChI=1S/C15H24N2O3/c18-13-4-5-15(19,20)14-11-7-10(9-17(13)14)12-3-1-2-6-16(12)8-11/h10-12,14,19-20H,1-9H2/t10-,11-,12+,14+/m1/s1. The van der Waals surface area contributed by atoms with Crippen LogP contribution in [0.25, 0.3) is 0 Å². The van der Waals surface area contributed by atoms with E-state index in [1.54, 1.807) is 4.90 Å². The van der Waals surface area contributed by atoms with Gasteiger partial charge in [-0.2, -0.15) is 0 Å². The molecule has 20 heavy (non-hydrogen) atoms. The first-order valence-corrected chi connectivity index (χ1v) is 8.04. The fourth-order valence-electron chi connectivity index (χ4n) is 5.21. The van der Waals surface area contributed by atoms with Crippen molar-refractivity contribution < 1.29 is 15.0 Å². The Morgan fingerprint density at radius 1 is 1.15 bits per heavy atom. The number of fused-ring (bicyclic) bond motifs is 6. The molecule has 0 saturated carbocycles. The highest BCUT2D eigenvalue weighted by molar-refractivity contribution is 5.78. The monoisotopic (exact) mass is 280 g/mol. The summed E-state index contributed by atoms with van der Waals surface area (Å²) < 4.78 is 0. The van der Waals surface area contributed by atoms with Gasteiger partial charge in [-0.3, -0.25) is 9.69 Å². The Morgan fingerprint density at radius 2 is 2.00 bits per heavy atom. The summed E-state index contributed by atoms with van der Waals surface area (Å²) in [5.74, 6) is -0.815. The molecule has 4 saturated heterocycles. The zero-order valence-electron chi connectivity index (χ0n) is 11.9. The second-order valence-corrected chi connectivity index (χ2v) is 7.18. The molecule has 0 unspecified atom stereocenters. The molecular weight excluding hydrogens is 256 g/mol. The Labute approximate surface area is 119 Å². The molecule has 5 heteroatoms. The lowest BCUT2D eigenvalue weighted by molar-refractivity contribution is -0.254. The van der Waals surface area contributed by atoms with Crippen LogP contribution in [0.3, 0.4) is 0 Å². The summed E-state index contributed by atoms with van der Waals surface area (Å²) in [5, 5.41) is 20.7. The molecule has 4 atom stereocenters. The topological polar surface area (TPSA) is 64.0 Å². The summed E-state index contributed by atoms with van der Waals surface area (Å²) in [6.07, 6.45) is 5.32. The summed E-state index contributed by atoms with van der Waals surface area (Å²) in [5.41, 5.74) is 0. The van der Waals surface area contributed by atoms with Crippen LogP contribution in [-0.2, 0) is 4.79 Å². The average molecular weight is 280 g/mol. The largest absolute Gasteiger partial charge is 0.364 e. The van der Waals surface area contributed by atoms with Crippen LogP contribution in [0.5, 0.6) is 0 Å². The highest BCUT2D eigenvalue weighted by Gasteiger charge is 2.55. The third kappa shape index (κ3) is 1.83. The van der Waals surface area contributed by atoms with Crippen molar-refractivity contribution in [2.75, 3.05) is 19.6 Å². The smallest absolute Gasteiger partial charge is 0.223 e. The van der Waals surface area contributed by atoms with Crippen LogP contribution in [0.4, 0.5) is 0 Å². The van der Waals surface area contributed by atoms with E-state index in [1.807, 2.05) is 0 Å². The van der Waals surface area contributed by atoms with Gasteiger partial charge in [-0.25, -0.2) is 0 Å². The van der Waals surface area contributed by atoms with Gasteiger partial charge in [0.1, 0.15) is 0 Å². The minimum Gasteiger partial charge on any atom is -0.364 e. The third-order valence-electron chi connectivity index (χ3n) is 6.00. The maximum absolute atomic E-state index is 12.2. The van der Waals surface area contributed by atoms with Gasteiger partial charge in [0.25, 0.3) is 0 Å². The maximum Gasteiger partial charge on any atom is 0.223 e. The van der Waals surface area contributed by atoms with Gasteiger partial charge in [0.2, 0.25) is 5.91 Å². The molecule has 5 nitrogen and oxygen atoms in total. The highest BCUT2D eigenvalue weighted by atomic mass is 16.5. The Hall–Kier alpha value is -0.650. The number of carbonyl (C=O) groups excluding carboxylic acids is 1. The number of piperidine rings is 4. The van der Waals surface area contributed by atoms with Gasteiger partial charge in [-0.15, -0.1) is 0 Å². The summed E-state index contributed by atoms with van der Waals surface area (Å²) >= 11 is 0. The van der Waals surface area contributed by atoms with Crippen LogP contribution in [0.15, 0.2) is 0 Å². The van der Waals surface area contributed by atoms with Gasteiger partial charge in [0.15, 0.2) is 5.79 Å². The molecule has 1 amide bonds. The third-order valence-corrected chi connectivity index (χ3v) is 6.00. The first-order valence-electron chi connectivity index (χ1n) is 8.04. The van der Waals surface area contributed by atoms with Gasteiger partial charge in [-0.1, -0.05) is 6.42 Å².